The Bertz CT molecular complexity index is 450. The second-order valence-electron chi connectivity index (χ2n) is 4.74. The van der Waals surface area contributed by atoms with Gasteiger partial charge in [-0.1, -0.05) is 13.3 Å². The van der Waals surface area contributed by atoms with E-state index in [0.717, 1.165) is 31.2 Å². The van der Waals surface area contributed by atoms with Crippen LogP contribution in [0.4, 0.5) is 5.82 Å². The van der Waals surface area contributed by atoms with E-state index >= 15 is 0 Å². The summed E-state index contributed by atoms with van der Waals surface area (Å²) in [5.74, 6) is 0.176. The molecule has 0 bridgehead atoms. The number of nitrogen functional groups attached to an aromatic ring is 1. The first-order valence-corrected chi connectivity index (χ1v) is 6.72. The third kappa shape index (κ3) is 2.73. The molecule has 0 unspecified atom stereocenters. The summed E-state index contributed by atoms with van der Waals surface area (Å²) < 4.78 is 11.9. The van der Waals surface area contributed by atoms with Crippen molar-refractivity contribution >= 4 is 11.8 Å². The number of methoxy groups -OCH3 is 1. The fourth-order valence-corrected chi connectivity index (χ4v) is 2.45. The predicted octanol–water partition coefficient (Wildman–Crippen LogP) is 1.56. The van der Waals surface area contributed by atoms with E-state index in [2.05, 4.69) is 5.10 Å². The first-order chi connectivity index (χ1) is 9.19. The molecule has 1 aliphatic heterocycles. The van der Waals surface area contributed by atoms with Crippen LogP contribution in [0.2, 0.25) is 0 Å². The molecule has 0 atom stereocenters. The number of nitrogens with two attached hydrogens (primary N) is 1. The smallest absolute Gasteiger partial charge is 0.358 e. The monoisotopic (exact) mass is 267 g/mol. The first-order valence-electron chi connectivity index (χ1n) is 6.72. The number of ether oxygens (including phenoxy) is 2. The van der Waals surface area contributed by atoms with Crippen LogP contribution in [0.25, 0.3) is 0 Å². The van der Waals surface area contributed by atoms with Gasteiger partial charge in [0.1, 0.15) is 5.82 Å². The van der Waals surface area contributed by atoms with Gasteiger partial charge in [0.25, 0.3) is 0 Å². The fourth-order valence-electron chi connectivity index (χ4n) is 2.45. The van der Waals surface area contributed by atoms with Gasteiger partial charge in [0.2, 0.25) is 0 Å². The maximum absolute atomic E-state index is 11.8. The summed E-state index contributed by atoms with van der Waals surface area (Å²) in [6, 6.07) is 0.211. The van der Waals surface area contributed by atoms with Gasteiger partial charge >= 0.3 is 5.97 Å². The molecule has 1 fully saturated rings. The van der Waals surface area contributed by atoms with E-state index in [9.17, 15) is 4.79 Å². The van der Waals surface area contributed by atoms with Crippen molar-refractivity contribution in [1.82, 2.24) is 9.78 Å². The molecule has 0 spiro atoms. The summed E-state index contributed by atoms with van der Waals surface area (Å²) in [5.41, 5.74) is 7.33. The fraction of sp³-hybridized carbons (Fsp3) is 0.692. The highest BCUT2D eigenvalue weighted by atomic mass is 16.5. The number of hydrogen-bond donors (Lipinski definition) is 1. The van der Waals surface area contributed by atoms with E-state index in [1.54, 1.807) is 4.68 Å². The Morgan fingerprint density at radius 2 is 2.21 bits per heavy atom. The van der Waals surface area contributed by atoms with Crippen molar-refractivity contribution in [2.24, 2.45) is 0 Å². The average molecular weight is 267 g/mol. The Hall–Kier alpha value is -1.56. The van der Waals surface area contributed by atoms with Crippen molar-refractivity contribution in [1.29, 1.82) is 0 Å². The molecule has 2 heterocycles. The number of rotatable bonds is 4. The quantitative estimate of drug-likeness (QED) is 0.837. The largest absolute Gasteiger partial charge is 0.464 e. The van der Waals surface area contributed by atoms with E-state index in [4.69, 9.17) is 15.2 Å². The molecule has 2 rings (SSSR count). The van der Waals surface area contributed by atoms with E-state index in [0.29, 0.717) is 24.7 Å². The van der Waals surface area contributed by atoms with Crippen molar-refractivity contribution < 1.29 is 14.3 Å². The SMILES string of the molecule is CCCc1c(C(=O)OC)nn(C2CCOCC2)c1N. The molecule has 6 heteroatoms. The summed E-state index contributed by atoms with van der Waals surface area (Å²) in [4.78, 5) is 11.8. The molecule has 0 saturated carbocycles. The number of hydrogen-bond acceptors (Lipinski definition) is 5. The highest BCUT2D eigenvalue weighted by Gasteiger charge is 2.26. The average Bonchev–Trinajstić information content (AvgIpc) is 2.77. The zero-order valence-electron chi connectivity index (χ0n) is 11.5. The lowest BCUT2D eigenvalue weighted by molar-refractivity contribution is 0.0582. The van der Waals surface area contributed by atoms with Gasteiger partial charge in [0, 0.05) is 18.8 Å². The van der Waals surface area contributed by atoms with Crippen molar-refractivity contribution in [3.8, 4) is 0 Å². The molecular weight excluding hydrogens is 246 g/mol. The topological polar surface area (TPSA) is 79.4 Å². The van der Waals surface area contributed by atoms with Crippen LogP contribution < -0.4 is 5.73 Å². The Morgan fingerprint density at radius 3 is 2.79 bits per heavy atom. The molecule has 0 aromatic carbocycles. The Morgan fingerprint density at radius 1 is 1.53 bits per heavy atom. The number of nitrogens with zero attached hydrogens (tertiary/aromatic N) is 2. The molecule has 1 aromatic rings. The first kappa shape index (κ1) is 13.9. The minimum atomic E-state index is -0.416. The molecule has 1 saturated heterocycles. The van der Waals surface area contributed by atoms with Crippen LogP contribution >= 0.6 is 0 Å². The second-order valence-corrected chi connectivity index (χ2v) is 4.74. The lowest BCUT2D eigenvalue weighted by Gasteiger charge is -2.23. The molecule has 106 valence electrons. The van der Waals surface area contributed by atoms with Gasteiger partial charge in [-0.05, 0) is 19.3 Å². The van der Waals surface area contributed by atoms with Crippen LogP contribution in [0.1, 0.15) is 48.3 Å². The molecule has 1 aromatic heterocycles. The summed E-state index contributed by atoms with van der Waals surface area (Å²) in [6.07, 6.45) is 3.39. The van der Waals surface area contributed by atoms with Gasteiger partial charge in [-0.25, -0.2) is 9.48 Å². The summed E-state index contributed by atoms with van der Waals surface area (Å²) in [7, 11) is 1.36. The van der Waals surface area contributed by atoms with Gasteiger partial charge in [0.05, 0.1) is 13.2 Å². The van der Waals surface area contributed by atoms with Crippen LogP contribution in [0.15, 0.2) is 0 Å². The normalized spacial score (nSPS) is 16.5. The second kappa shape index (κ2) is 6.06. The molecule has 2 N–H and O–H groups in total. The van der Waals surface area contributed by atoms with Crippen LogP contribution in [-0.4, -0.2) is 36.1 Å². The molecule has 19 heavy (non-hydrogen) atoms. The molecule has 0 amide bonds. The minimum Gasteiger partial charge on any atom is -0.464 e. The van der Waals surface area contributed by atoms with Crippen LogP contribution in [-0.2, 0) is 15.9 Å². The van der Waals surface area contributed by atoms with Gasteiger partial charge in [0.15, 0.2) is 5.69 Å². The van der Waals surface area contributed by atoms with Gasteiger partial charge in [-0.2, -0.15) is 5.10 Å². The van der Waals surface area contributed by atoms with Gasteiger partial charge in [-0.15, -0.1) is 0 Å². The van der Waals surface area contributed by atoms with E-state index in [-0.39, 0.29) is 6.04 Å². The number of anilines is 1. The third-order valence-corrected chi connectivity index (χ3v) is 3.47. The minimum absolute atomic E-state index is 0.211. The molecule has 1 aliphatic rings. The number of aromatic nitrogens is 2. The molecular formula is C13H21N3O3. The molecule has 6 nitrogen and oxygen atoms in total. The number of esters is 1. The summed E-state index contributed by atoms with van der Waals surface area (Å²) in [5, 5.41) is 4.38. The maximum Gasteiger partial charge on any atom is 0.358 e. The predicted molar refractivity (Wildman–Crippen MR) is 71.1 cm³/mol. The van der Waals surface area contributed by atoms with Crippen molar-refractivity contribution in [3.63, 3.8) is 0 Å². The maximum atomic E-state index is 11.8. The van der Waals surface area contributed by atoms with E-state index in [1.165, 1.54) is 7.11 Å². The van der Waals surface area contributed by atoms with Crippen LogP contribution in [0, 0.1) is 0 Å². The zero-order chi connectivity index (χ0) is 13.8. The molecule has 0 radical (unpaired) electrons. The van der Waals surface area contributed by atoms with Crippen molar-refractivity contribution in [3.05, 3.63) is 11.3 Å². The van der Waals surface area contributed by atoms with Crippen LogP contribution in [0.5, 0.6) is 0 Å². The lowest BCUT2D eigenvalue weighted by Crippen LogP contribution is -2.22. The van der Waals surface area contributed by atoms with Crippen molar-refractivity contribution in [2.45, 2.75) is 38.6 Å². The third-order valence-electron chi connectivity index (χ3n) is 3.47. The number of carbonyl (C=O) groups is 1. The van der Waals surface area contributed by atoms with E-state index < -0.39 is 5.97 Å². The lowest BCUT2D eigenvalue weighted by atomic mass is 10.1. The van der Waals surface area contributed by atoms with E-state index in [1.807, 2.05) is 6.92 Å². The Kier molecular flexibility index (Phi) is 4.42. The zero-order valence-corrected chi connectivity index (χ0v) is 11.5. The van der Waals surface area contributed by atoms with Gasteiger partial charge < -0.3 is 15.2 Å². The van der Waals surface area contributed by atoms with Crippen LogP contribution in [0.3, 0.4) is 0 Å². The highest BCUT2D eigenvalue weighted by Crippen LogP contribution is 2.28. The summed E-state index contributed by atoms with van der Waals surface area (Å²) in [6.45, 7) is 3.47. The number of carbonyl (C=O) groups excluding carboxylic acids is 1. The standard InChI is InChI=1S/C13H21N3O3/c1-3-4-10-11(13(17)18-2)15-16(12(10)14)9-5-7-19-8-6-9/h9H,3-8,14H2,1-2H3. The molecule has 0 aliphatic carbocycles. The highest BCUT2D eigenvalue weighted by molar-refractivity contribution is 5.90. The van der Waals surface area contributed by atoms with Crippen molar-refractivity contribution in [2.75, 3.05) is 26.1 Å². The van der Waals surface area contributed by atoms with Gasteiger partial charge in [-0.3, -0.25) is 0 Å². The Balaban J connectivity index is 2.35. The summed E-state index contributed by atoms with van der Waals surface area (Å²) >= 11 is 0. The Labute approximate surface area is 112 Å².